The van der Waals surface area contributed by atoms with Crippen LogP contribution in [0.4, 0.5) is 0 Å². The molecule has 0 amide bonds. The smallest absolute Gasteiger partial charge is 0.162 e. The summed E-state index contributed by atoms with van der Waals surface area (Å²) in [6.45, 7) is 4.71. The molecule has 2 aliphatic rings. The van der Waals surface area contributed by atoms with E-state index in [9.17, 15) is 0 Å². The molecule has 0 N–H and O–H groups in total. The Labute approximate surface area is 123 Å². The molecule has 1 aromatic carbocycles. The van der Waals surface area contributed by atoms with Crippen LogP contribution in [0.2, 0.25) is 0 Å². The number of hydrogen-bond acceptors (Lipinski definition) is 3. The highest BCUT2D eigenvalue weighted by molar-refractivity contribution is 9.10. The fourth-order valence-electron chi connectivity index (χ4n) is 2.76. The van der Waals surface area contributed by atoms with Crippen molar-refractivity contribution in [3.8, 4) is 11.5 Å². The summed E-state index contributed by atoms with van der Waals surface area (Å²) >= 11 is 3.66. The zero-order chi connectivity index (χ0) is 13.1. The lowest BCUT2D eigenvalue weighted by molar-refractivity contribution is 0.171. The van der Waals surface area contributed by atoms with Crippen molar-refractivity contribution in [1.82, 2.24) is 4.90 Å². The van der Waals surface area contributed by atoms with E-state index in [1.807, 2.05) is 6.07 Å². The van der Waals surface area contributed by atoms with E-state index in [4.69, 9.17) is 9.47 Å². The Morgan fingerprint density at radius 3 is 2.26 bits per heavy atom. The predicted molar refractivity (Wildman–Crippen MR) is 78.9 cm³/mol. The molecule has 1 fully saturated rings. The molecule has 2 aliphatic heterocycles. The van der Waals surface area contributed by atoms with Crippen molar-refractivity contribution in [3.05, 3.63) is 22.2 Å². The Morgan fingerprint density at radius 2 is 1.58 bits per heavy atom. The summed E-state index contributed by atoms with van der Waals surface area (Å²) in [6.07, 6.45) is 5.39. The molecular weight excluding hydrogens is 306 g/mol. The monoisotopic (exact) mass is 325 g/mol. The van der Waals surface area contributed by atoms with Crippen LogP contribution in [0.15, 0.2) is 16.6 Å². The van der Waals surface area contributed by atoms with Crippen LogP contribution in [0.5, 0.6) is 11.5 Å². The second kappa shape index (κ2) is 6.14. The Kier molecular flexibility index (Phi) is 4.28. The van der Waals surface area contributed by atoms with Crippen molar-refractivity contribution < 1.29 is 9.47 Å². The number of likely N-dealkylation sites (tertiary alicyclic amines) is 1. The highest BCUT2D eigenvalue weighted by atomic mass is 79.9. The first-order chi connectivity index (χ1) is 9.33. The van der Waals surface area contributed by atoms with Crippen molar-refractivity contribution in [3.63, 3.8) is 0 Å². The third-order valence-corrected chi connectivity index (χ3v) is 4.54. The lowest BCUT2D eigenvalue weighted by Crippen LogP contribution is -2.24. The number of fused-ring (bicyclic) bond motifs is 1. The molecule has 104 valence electrons. The van der Waals surface area contributed by atoms with Crippen LogP contribution in [0.25, 0.3) is 0 Å². The number of rotatable bonds is 2. The maximum Gasteiger partial charge on any atom is 0.162 e. The summed E-state index contributed by atoms with van der Waals surface area (Å²) in [4.78, 5) is 2.54. The molecule has 0 unspecified atom stereocenters. The van der Waals surface area contributed by atoms with Crippen LogP contribution in [-0.2, 0) is 6.54 Å². The zero-order valence-electron chi connectivity index (χ0n) is 11.2. The number of halogens is 1. The Hall–Kier alpha value is -0.740. The average Bonchev–Trinajstić information content (AvgIpc) is 2.68. The van der Waals surface area contributed by atoms with E-state index in [-0.39, 0.29) is 0 Å². The summed E-state index contributed by atoms with van der Waals surface area (Å²) < 4.78 is 12.4. The van der Waals surface area contributed by atoms with Gasteiger partial charge in [-0.1, -0.05) is 28.8 Å². The number of nitrogens with zero attached hydrogens (tertiary/aromatic N) is 1. The molecule has 0 radical (unpaired) electrons. The topological polar surface area (TPSA) is 21.7 Å². The van der Waals surface area contributed by atoms with Crippen LogP contribution < -0.4 is 9.47 Å². The molecule has 3 nitrogen and oxygen atoms in total. The quantitative estimate of drug-likeness (QED) is 0.829. The van der Waals surface area contributed by atoms with Crippen molar-refractivity contribution in [2.24, 2.45) is 0 Å². The van der Waals surface area contributed by atoms with Gasteiger partial charge < -0.3 is 9.47 Å². The van der Waals surface area contributed by atoms with Crippen LogP contribution >= 0.6 is 15.9 Å². The van der Waals surface area contributed by atoms with Gasteiger partial charge in [-0.3, -0.25) is 4.90 Å². The molecule has 0 aromatic heterocycles. The van der Waals surface area contributed by atoms with Crippen LogP contribution in [0.3, 0.4) is 0 Å². The van der Waals surface area contributed by atoms with E-state index in [2.05, 4.69) is 26.9 Å². The minimum Gasteiger partial charge on any atom is -0.486 e. The molecule has 0 aliphatic carbocycles. The molecule has 19 heavy (non-hydrogen) atoms. The summed E-state index contributed by atoms with van der Waals surface area (Å²) in [5.41, 5.74) is 1.30. The van der Waals surface area contributed by atoms with Crippen molar-refractivity contribution in [1.29, 1.82) is 0 Å². The average molecular weight is 326 g/mol. The Morgan fingerprint density at radius 1 is 0.947 bits per heavy atom. The van der Waals surface area contributed by atoms with Gasteiger partial charge in [-0.15, -0.1) is 0 Å². The molecule has 1 aromatic rings. The van der Waals surface area contributed by atoms with Gasteiger partial charge in [0.1, 0.15) is 13.2 Å². The Bertz CT molecular complexity index is 442. The fraction of sp³-hybridized carbons (Fsp3) is 0.600. The highest BCUT2D eigenvalue weighted by Crippen LogP contribution is 2.36. The third-order valence-electron chi connectivity index (χ3n) is 3.80. The van der Waals surface area contributed by atoms with E-state index in [1.165, 1.54) is 44.3 Å². The van der Waals surface area contributed by atoms with E-state index in [0.717, 1.165) is 22.5 Å². The molecule has 2 heterocycles. The standard InChI is InChI=1S/C15H20BrNO2/c16-13-10-15-14(18-7-8-19-15)9-12(13)11-17-5-3-1-2-4-6-17/h9-10H,1-8,11H2. The lowest BCUT2D eigenvalue weighted by Gasteiger charge is -2.23. The van der Waals surface area contributed by atoms with Crippen molar-refractivity contribution in [2.75, 3.05) is 26.3 Å². The maximum absolute atomic E-state index is 5.67. The highest BCUT2D eigenvalue weighted by Gasteiger charge is 2.17. The number of ether oxygens (including phenoxy) is 2. The van der Waals surface area contributed by atoms with Crippen LogP contribution in [0.1, 0.15) is 31.2 Å². The van der Waals surface area contributed by atoms with Gasteiger partial charge in [-0.25, -0.2) is 0 Å². The number of hydrogen-bond donors (Lipinski definition) is 0. The molecule has 0 saturated carbocycles. The SMILES string of the molecule is Brc1cc2c(cc1CN1CCCCCC1)OCCO2. The minimum atomic E-state index is 0.644. The summed E-state index contributed by atoms with van der Waals surface area (Å²) in [5, 5.41) is 0. The normalized spacial score (nSPS) is 20.1. The van der Waals surface area contributed by atoms with Gasteiger partial charge in [0.15, 0.2) is 11.5 Å². The second-order valence-corrected chi connectivity index (χ2v) is 6.13. The molecule has 0 bridgehead atoms. The van der Waals surface area contributed by atoms with Gasteiger partial charge in [-0.2, -0.15) is 0 Å². The molecule has 4 heteroatoms. The maximum atomic E-state index is 5.67. The van der Waals surface area contributed by atoms with Crippen LogP contribution in [-0.4, -0.2) is 31.2 Å². The Balaban J connectivity index is 1.76. The number of benzene rings is 1. The fourth-order valence-corrected chi connectivity index (χ4v) is 3.21. The van der Waals surface area contributed by atoms with Crippen molar-refractivity contribution in [2.45, 2.75) is 32.2 Å². The molecule has 0 atom stereocenters. The summed E-state index contributed by atoms with van der Waals surface area (Å²) in [6, 6.07) is 4.17. The van der Waals surface area contributed by atoms with Gasteiger partial charge in [-0.05, 0) is 43.6 Å². The van der Waals surface area contributed by atoms with E-state index in [0.29, 0.717) is 13.2 Å². The summed E-state index contributed by atoms with van der Waals surface area (Å²) in [5.74, 6) is 1.75. The second-order valence-electron chi connectivity index (χ2n) is 5.28. The largest absolute Gasteiger partial charge is 0.486 e. The predicted octanol–water partition coefficient (Wildman–Crippen LogP) is 3.60. The van der Waals surface area contributed by atoms with E-state index >= 15 is 0 Å². The van der Waals surface area contributed by atoms with Crippen molar-refractivity contribution >= 4 is 15.9 Å². The first-order valence-corrected chi connectivity index (χ1v) is 7.92. The van der Waals surface area contributed by atoms with E-state index in [1.54, 1.807) is 0 Å². The first-order valence-electron chi connectivity index (χ1n) is 7.13. The van der Waals surface area contributed by atoms with Gasteiger partial charge >= 0.3 is 0 Å². The van der Waals surface area contributed by atoms with E-state index < -0.39 is 0 Å². The minimum absolute atomic E-state index is 0.644. The molecule has 0 spiro atoms. The van der Waals surface area contributed by atoms with Gasteiger partial charge in [0, 0.05) is 11.0 Å². The lowest BCUT2D eigenvalue weighted by atomic mass is 10.1. The zero-order valence-corrected chi connectivity index (χ0v) is 12.7. The molecular formula is C15H20BrNO2. The summed E-state index contributed by atoms with van der Waals surface area (Å²) in [7, 11) is 0. The molecule has 1 saturated heterocycles. The first kappa shape index (κ1) is 13.3. The third kappa shape index (κ3) is 3.23. The van der Waals surface area contributed by atoms with Gasteiger partial charge in [0.05, 0.1) is 0 Å². The van der Waals surface area contributed by atoms with Crippen LogP contribution in [0, 0.1) is 0 Å². The van der Waals surface area contributed by atoms with Gasteiger partial charge in [0.25, 0.3) is 0 Å². The van der Waals surface area contributed by atoms with Gasteiger partial charge in [0.2, 0.25) is 0 Å². The molecule has 3 rings (SSSR count).